The van der Waals surface area contributed by atoms with Crippen LogP contribution in [-0.4, -0.2) is 51.3 Å². The molecule has 3 heterocycles. The van der Waals surface area contributed by atoms with Crippen LogP contribution >= 0.6 is 11.8 Å². The van der Waals surface area contributed by atoms with Crippen LogP contribution in [0.1, 0.15) is 16.1 Å². The van der Waals surface area contributed by atoms with Crippen molar-refractivity contribution in [3.8, 4) is 0 Å². The molecule has 1 saturated heterocycles. The number of nitro groups is 1. The smallest absolute Gasteiger partial charge is 0.271 e. The van der Waals surface area contributed by atoms with E-state index in [0.29, 0.717) is 31.7 Å². The normalized spacial score (nSPS) is 13.9. The highest BCUT2D eigenvalue weighted by Crippen LogP contribution is 2.25. The fourth-order valence-corrected chi connectivity index (χ4v) is 4.84. The highest BCUT2D eigenvalue weighted by molar-refractivity contribution is 7.98. The summed E-state index contributed by atoms with van der Waals surface area (Å²) in [5, 5.41) is 11.0. The number of nitrogens with zero attached hydrogens (tertiary/aromatic N) is 5. The Kier molecular flexibility index (Phi) is 6.18. The minimum Gasteiger partial charge on any atom is -0.368 e. The number of piperazine rings is 1. The summed E-state index contributed by atoms with van der Waals surface area (Å²) in [4.78, 5) is 33.3. The number of rotatable bonds is 6. The molecule has 5 rings (SSSR count). The minimum atomic E-state index is -0.386. The number of non-ortho nitro benzene ring substituents is 1. The van der Waals surface area contributed by atoms with Crippen LogP contribution in [0.15, 0.2) is 84.0 Å². The standard InChI is InChI=1S/C25H23N5O3S/c31-25(28-14-12-27(13-15-28)21-4-3-5-22(16-21)30(32)33)19-7-9-23(10-8-19)34-18-20-17-29-11-2-1-6-24(29)26-20/h1-11,16-17H,12-15,18H2. The average molecular weight is 474 g/mol. The topological polar surface area (TPSA) is 84.0 Å². The van der Waals surface area contributed by atoms with Crippen LogP contribution in [0.4, 0.5) is 11.4 Å². The predicted octanol–water partition coefficient (Wildman–Crippen LogP) is 4.50. The lowest BCUT2D eigenvalue weighted by atomic mass is 10.1. The van der Waals surface area contributed by atoms with E-state index >= 15 is 0 Å². The molecule has 0 aliphatic carbocycles. The van der Waals surface area contributed by atoms with Crippen molar-refractivity contribution >= 4 is 34.7 Å². The number of nitro benzene ring substituents is 1. The van der Waals surface area contributed by atoms with Crippen molar-refractivity contribution in [2.75, 3.05) is 31.1 Å². The molecule has 4 aromatic rings. The maximum absolute atomic E-state index is 13.0. The van der Waals surface area contributed by atoms with Crippen LogP contribution in [0, 0.1) is 10.1 Å². The molecule has 1 amide bonds. The Morgan fingerprint density at radius 2 is 1.79 bits per heavy atom. The average Bonchev–Trinajstić information content (AvgIpc) is 3.31. The molecule has 0 bridgehead atoms. The SMILES string of the molecule is O=C(c1ccc(SCc2cn3ccccc3n2)cc1)N1CCN(c2cccc([N+](=O)[O-])c2)CC1. The summed E-state index contributed by atoms with van der Waals surface area (Å²) < 4.78 is 2.01. The highest BCUT2D eigenvalue weighted by Gasteiger charge is 2.23. The van der Waals surface area contributed by atoms with Crippen molar-refractivity contribution in [1.82, 2.24) is 14.3 Å². The maximum Gasteiger partial charge on any atom is 0.271 e. The summed E-state index contributed by atoms with van der Waals surface area (Å²) in [7, 11) is 0. The fourth-order valence-electron chi connectivity index (χ4n) is 4.06. The number of hydrogen-bond donors (Lipinski definition) is 0. The van der Waals surface area contributed by atoms with Gasteiger partial charge in [0.05, 0.1) is 10.6 Å². The summed E-state index contributed by atoms with van der Waals surface area (Å²) >= 11 is 1.69. The van der Waals surface area contributed by atoms with Gasteiger partial charge < -0.3 is 14.2 Å². The van der Waals surface area contributed by atoms with Gasteiger partial charge in [-0.25, -0.2) is 4.98 Å². The molecule has 0 unspecified atom stereocenters. The van der Waals surface area contributed by atoms with Gasteiger partial charge in [-0.05, 0) is 42.5 Å². The molecule has 1 aliphatic rings. The van der Waals surface area contributed by atoms with Crippen molar-refractivity contribution in [2.45, 2.75) is 10.6 Å². The molecule has 0 spiro atoms. The van der Waals surface area contributed by atoms with Crippen molar-refractivity contribution in [3.05, 3.63) is 100 Å². The zero-order valence-electron chi connectivity index (χ0n) is 18.4. The lowest BCUT2D eigenvalue weighted by molar-refractivity contribution is -0.384. The third-order valence-corrected chi connectivity index (χ3v) is 6.92. The van der Waals surface area contributed by atoms with Gasteiger partial charge in [0, 0.05) is 72.6 Å². The first kappa shape index (κ1) is 22.0. The number of carbonyl (C=O) groups excluding carboxylic acids is 1. The Hall–Kier alpha value is -3.85. The molecule has 8 nitrogen and oxygen atoms in total. The lowest BCUT2D eigenvalue weighted by Crippen LogP contribution is -2.48. The molecule has 0 N–H and O–H groups in total. The van der Waals surface area contributed by atoms with E-state index in [-0.39, 0.29) is 16.5 Å². The molecular formula is C25H23N5O3S. The van der Waals surface area contributed by atoms with E-state index in [9.17, 15) is 14.9 Å². The molecule has 2 aromatic heterocycles. The number of thioether (sulfide) groups is 1. The van der Waals surface area contributed by atoms with Crippen LogP contribution in [0.25, 0.3) is 5.65 Å². The van der Waals surface area contributed by atoms with E-state index < -0.39 is 0 Å². The van der Waals surface area contributed by atoms with Gasteiger partial charge in [-0.2, -0.15) is 0 Å². The van der Waals surface area contributed by atoms with E-state index in [0.717, 1.165) is 27.7 Å². The Morgan fingerprint density at radius 3 is 2.53 bits per heavy atom. The van der Waals surface area contributed by atoms with E-state index in [1.807, 2.05) is 70.2 Å². The molecular weight excluding hydrogens is 450 g/mol. The van der Waals surface area contributed by atoms with Gasteiger partial charge in [-0.3, -0.25) is 14.9 Å². The van der Waals surface area contributed by atoms with E-state index in [4.69, 9.17) is 0 Å². The van der Waals surface area contributed by atoms with Gasteiger partial charge in [0.15, 0.2) is 0 Å². The number of benzene rings is 2. The van der Waals surface area contributed by atoms with Crippen molar-refractivity contribution < 1.29 is 9.72 Å². The molecule has 2 aromatic carbocycles. The zero-order valence-corrected chi connectivity index (χ0v) is 19.2. The van der Waals surface area contributed by atoms with Crippen LogP contribution in [0.3, 0.4) is 0 Å². The van der Waals surface area contributed by atoms with Gasteiger partial charge in [-0.1, -0.05) is 12.1 Å². The first-order valence-electron chi connectivity index (χ1n) is 11.0. The zero-order chi connectivity index (χ0) is 23.5. The Balaban J connectivity index is 1.16. The number of anilines is 1. The van der Waals surface area contributed by atoms with E-state index in [1.54, 1.807) is 23.9 Å². The second-order valence-corrected chi connectivity index (χ2v) is 9.12. The highest BCUT2D eigenvalue weighted by atomic mass is 32.2. The number of aromatic nitrogens is 2. The maximum atomic E-state index is 13.0. The number of hydrogen-bond acceptors (Lipinski definition) is 6. The Bertz CT molecular complexity index is 1300. The predicted molar refractivity (Wildman–Crippen MR) is 132 cm³/mol. The second-order valence-electron chi connectivity index (χ2n) is 8.07. The third-order valence-electron chi connectivity index (χ3n) is 5.87. The molecule has 0 saturated carbocycles. The van der Waals surface area contributed by atoms with Gasteiger partial charge in [-0.15, -0.1) is 11.8 Å². The second kappa shape index (κ2) is 9.56. The summed E-state index contributed by atoms with van der Waals surface area (Å²) in [6, 6.07) is 20.3. The summed E-state index contributed by atoms with van der Waals surface area (Å²) in [5.74, 6) is 0.768. The molecule has 1 fully saturated rings. The molecule has 1 aliphatic heterocycles. The number of fused-ring (bicyclic) bond motifs is 1. The molecule has 172 valence electrons. The van der Waals surface area contributed by atoms with Gasteiger partial charge in [0.1, 0.15) is 5.65 Å². The van der Waals surface area contributed by atoms with E-state index in [2.05, 4.69) is 9.88 Å². The molecule has 0 atom stereocenters. The number of amides is 1. The van der Waals surface area contributed by atoms with Gasteiger partial charge in [0.25, 0.3) is 11.6 Å². The van der Waals surface area contributed by atoms with Gasteiger partial charge in [0.2, 0.25) is 0 Å². The quantitative estimate of drug-likeness (QED) is 0.233. The minimum absolute atomic E-state index is 0.00981. The van der Waals surface area contributed by atoms with E-state index in [1.165, 1.54) is 6.07 Å². The van der Waals surface area contributed by atoms with Crippen LogP contribution in [-0.2, 0) is 5.75 Å². The number of carbonyl (C=O) groups is 1. The van der Waals surface area contributed by atoms with Crippen molar-refractivity contribution in [2.24, 2.45) is 0 Å². The largest absolute Gasteiger partial charge is 0.368 e. The molecule has 9 heteroatoms. The first-order valence-corrected chi connectivity index (χ1v) is 12.0. The summed E-state index contributed by atoms with van der Waals surface area (Å²) in [6.07, 6.45) is 4.02. The first-order chi connectivity index (χ1) is 16.6. The third kappa shape index (κ3) is 4.74. The van der Waals surface area contributed by atoms with Gasteiger partial charge >= 0.3 is 0 Å². The molecule has 34 heavy (non-hydrogen) atoms. The van der Waals surface area contributed by atoms with Crippen LogP contribution < -0.4 is 4.90 Å². The monoisotopic (exact) mass is 473 g/mol. The van der Waals surface area contributed by atoms with Crippen LogP contribution in [0.2, 0.25) is 0 Å². The van der Waals surface area contributed by atoms with Crippen molar-refractivity contribution in [3.63, 3.8) is 0 Å². The van der Waals surface area contributed by atoms with Crippen molar-refractivity contribution in [1.29, 1.82) is 0 Å². The number of imidazole rings is 1. The summed E-state index contributed by atoms with van der Waals surface area (Å²) in [5.41, 5.74) is 3.51. The Morgan fingerprint density at radius 1 is 1.00 bits per heavy atom. The molecule has 0 radical (unpaired) electrons. The summed E-state index contributed by atoms with van der Waals surface area (Å²) in [6.45, 7) is 2.43. The number of pyridine rings is 1. The van der Waals surface area contributed by atoms with Crippen LogP contribution in [0.5, 0.6) is 0 Å². The Labute approximate surface area is 201 Å². The fraction of sp³-hybridized carbons (Fsp3) is 0.200. The lowest BCUT2D eigenvalue weighted by Gasteiger charge is -2.36.